The van der Waals surface area contributed by atoms with E-state index >= 15 is 0 Å². The zero-order chi connectivity index (χ0) is 17.1. The number of piperidine rings is 1. The number of aliphatic hydroxyl groups is 1. The number of aryl methyl sites for hydroxylation is 1. The Morgan fingerprint density at radius 3 is 3.00 bits per heavy atom. The number of hydrogen-bond acceptors (Lipinski definition) is 5. The highest BCUT2D eigenvalue weighted by atomic mass is 16.5. The lowest BCUT2D eigenvalue weighted by Crippen LogP contribution is -2.43. The van der Waals surface area contributed by atoms with Crippen LogP contribution in [0.5, 0.6) is 5.75 Å². The summed E-state index contributed by atoms with van der Waals surface area (Å²) >= 11 is 0. The van der Waals surface area contributed by atoms with Gasteiger partial charge < -0.3 is 14.3 Å². The minimum atomic E-state index is -0.536. The lowest BCUT2D eigenvalue weighted by molar-refractivity contribution is 0.0438. The SMILES string of the molecule is Cc1cc(=O)oc2cc(OC[C@@H](O)CN3CCCC[C@@H]3C)ccc12. The molecule has 0 aliphatic carbocycles. The van der Waals surface area contributed by atoms with E-state index in [9.17, 15) is 9.90 Å². The molecule has 24 heavy (non-hydrogen) atoms. The Bertz CT molecular complexity index is 755. The van der Waals surface area contributed by atoms with Crippen molar-refractivity contribution in [3.8, 4) is 5.75 Å². The molecule has 1 saturated heterocycles. The number of ether oxygens (including phenoxy) is 1. The van der Waals surface area contributed by atoms with Gasteiger partial charge in [0.2, 0.25) is 0 Å². The number of fused-ring (bicyclic) bond motifs is 1. The van der Waals surface area contributed by atoms with Gasteiger partial charge in [-0.05, 0) is 50.9 Å². The molecule has 3 rings (SSSR count). The number of rotatable bonds is 5. The molecule has 1 aliphatic heterocycles. The zero-order valence-electron chi connectivity index (χ0n) is 14.3. The first-order valence-corrected chi connectivity index (χ1v) is 8.62. The first kappa shape index (κ1) is 17.0. The average Bonchev–Trinajstić information content (AvgIpc) is 2.54. The van der Waals surface area contributed by atoms with Gasteiger partial charge in [-0.3, -0.25) is 4.90 Å². The molecule has 2 heterocycles. The van der Waals surface area contributed by atoms with Crippen LogP contribution in [0.1, 0.15) is 31.7 Å². The van der Waals surface area contributed by atoms with Gasteiger partial charge in [0.25, 0.3) is 0 Å². The second-order valence-corrected chi connectivity index (χ2v) is 6.71. The third-order valence-corrected chi connectivity index (χ3v) is 4.75. The molecule has 2 aromatic rings. The number of benzene rings is 1. The van der Waals surface area contributed by atoms with Crippen molar-refractivity contribution >= 4 is 11.0 Å². The quantitative estimate of drug-likeness (QED) is 0.854. The summed E-state index contributed by atoms with van der Waals surface area (Å²) in [7, 11) is 0. The fourth-order valence-electron chi connectivity index (χ4n) is 3.34. The molecule has 0 amide bonds. The van der Waals surface area contributed by atoms with Crippen molar-refractivity contribution < 1.29 is 14.3 Å². The van der Waals surface area contributed by atoms with Crippen LogP contribution in [0, 0.1) is 6.92 Å². The van der Waals surface area contributed by atoms with Crippen molar-refractivity contribution in [3.63, 3.8) is 0 Å². The Hall–Kier alpha value is -1.85. The van der Waals surface area contributed by atoms with Crippen molar-refractivity contribution in [1.82, 2.24) is 4.90 Å². The number of likely N-dealkylation sites (tertiary alicyclic amines) is 1. The molecule has 0 spiro atoms. The number of β-amino-alcohol motifs (C(OH)–C–C–N with tert-alkyl or cyclic N) is 1. The van der Waals surface area contributed by atoms with E-state index in [4.69, 9.17) is 9.15 Å². The Morgan fingerprint density at radius 1 is 1.38 bits per heavy atom. The summed E-state index contributed by atoms with van der Waals surface area (Å²) < 4.78 is 10.9. The number of aliphatic hydroxyl groups excluding tert-OH is 1. The molecule has 130 valence electrons. The standard InChI is InChI=1S/C19H25NO4/c1-13-9-19(22)24-18-10-16(6-7-17(13)18)23-12-15(21)11-20-8-4-3-5-14(20)2/h6-7,9-10,14-15,21H,3-5,8,11-12H2,1-2H3/t14-,15-/m0/s1. The lowest BCUT2D eigenvalue weighted by atomic mass is 10.0. The second-order valence-electron chi connectivity index (χ2n) is 6.71. The number of nitrogens with zero attached hydrogens (tertiary/aromatic N) is 1. The van der Waals surface area contributed by atoms with Crippen molar-refractivity contribution in [3.05, 3.63) is 40.2 Å². The minimum absolute atomic E-state index is 0.227. The van der Waals surface area contributed by atoms with E-state index in [2.05, 4.69) is 11.8 Å². The zero-order valence-corrected chi connectivity index (χ0v) is 14.3. The Labute approximate surface area is 141 Å². The summed E-state index contributed by atoms with van der Waals surface area (Å²) in [6, 6.07) is 7.42. The minimum Gasteiger partial charge on any atom is -0.491 e. The van der Waals surface area contributed by atoms with Crippen LogP contribution in [0.2, 0.25) is 0 Å². The van der Waals surface area contributed by atoms with Crippen LogP contribution in [0.25, 0.3) is 11.0 Å². The van der Waals surface area contributed by atoms with E-state index in [1.165, 1.54) is 25.3 Å². The Balaban J connectivity index is 1.61. The molecule has 0 bridgehead atoms. The first-order valence-electron chi connectivity index (χ1n) is 8.62. The van der Waals surface area contributed by atoms with Gasteiger partial charge in [-0.15, -0.1) is 0 Å². The maximum Gasteiger partial charge on any atom is 0.336 e. The summed E-state index contributed by atoms with van der Waals surface area (Å²) in [5.41, 5.74) is 1.03. The normalized spacial score (nSPS) is 20.2. The molecule has 1 fully saturated rings. The van der Waals surface area contributed by atoms with E-state index in [-0.39, 0.29) is 12.2 Å². The monoisotopic (exact) mass is 331 g/mol. The summed E-state index contributed by atoms with van der Waals surface area (Å²) in [6.45, 7) is 5.98. The third kappa shape index (κ3) is 3.97. The van der Waals surface area contributed by atoms with Crippen LogP contribution in [-0.2, 0) is 0 Å². The molecule has 0 unspecified atom stereocenters. The van der Waals surface area contributed by atoms with Crippen LogP contribution in [0.3, 0.4) is 0 Å². The van der Waals surface area contributed by atoms with E-state index in [1.807, 2.05) is 19.1 Å². The predicted molar refractivity (Wildman–Crippen MR) is 93.6 cm³/mol. The Kier molecular flexibility index (Phi) is 5.21. The van der Waals surface area contributed by atoms with Crippen molar-refractivity contribution in [2.75, 3.05) is 19.7 Å². The van der Waals surface area contributed by atoms with Gasteiger partial charge in [0.1, 0.15) is 24.0 Å². The molecular weight excluding hydrogens is 306 g/mol. The molecule has 5 nitrogen and oxygen atoms in total. The van der Waals surface area contributed by atoms with Gasteiger partial charge in [-0.1, -0.05) is 6.42 Å². The van der Waals surface area contributed by atoms with E-state index in [1.54, 1.807) is 6.07 Å². The fourth-order valence-corrected chi connectivity index (χ4v) is 3.34. The lowest BCUT2D eigenvalue weighted by Gasteiger charge is -2.34. The molecule has 5 heteroatoms. The highest BCUT2D eigenvalue weighted by Gasteiger charge is 2.21. The highest BCUT2D eigenvalue weighted by Crippen LogP contribution is 2.22. The van der Waals surface area contributed by atoms with Crippen LogP contribution < -0.4 is 10.4 Å². The molecule has 1 aromatic heterocycles. The summed E-state index contributed by atoms with van der Waals surface area (Å²) in [6.07, 6.45) is 3.12. The van der Waals surface area contributed by atoms with Gasteiger partial charge in [0.05, 0.1) is 0 Å². The fraction of sp³-hybridized carbons (Fsp3) is 0.526. The molecule has 1 aliphatic rings. The van der Waals surface area contributed by atoms with Gasteiger partial charge in [0, 0.05) is 30.1 Å². The van der Waals surface area contributed by atoms with E-state index < -0.39 is 6.10 Å². The first-order chi connectivity index (χ1) is 11.5. The van der Waals surface area contributed by atoms with E-state index in [0.717, 1.165) is 17.5 Å². The molecule has 0 radical (unpaired) electrons. The van der Waals surface area contributed by atoms with E-state index in [0.29, 0.717) is 23.9 Å². The molecular formula is C19H25NO4. The third-order valence-electron chi connectivity index (χ3n) is 4.75. The van der Waals surface area contributed by atoms with Gasteiger partial charge in [-0.25, -0.2) is 4.79 Å². The molecule has 1 N–H and O–H groups in total. The Morgan fingerprint density at radius 2 is 2.21 bits per heavy atom. The van der Waals surface area contributed by atoms with Crippen LogP contribution in [0.15, 0.2) is 33.5 Å². The van der Waals surface area contributed by atoms with Crippen molar-refractivity contribution in [2.24, 2.45) is 0 Å². The topological polar surface area (TPSA) is 62.9 Å². The maximum absolute atomic E-state index is 11.5. The maximum atomic E-state index is 11.5. The van der Waals surface area contributed by atoms with Gasteiger partial charge >= 0.3 is 5.63 Å². The van der Waals surface area contributed by atoms with Crippen LogP contribution in [0.4, 0.5) is 0 Å². The van der Waals surface area contributed by atoms with Crippen LogP contribution in [-0.4, -0.2) is 41.8 Å². The van der Waals surface area contributed by atoms with Gasteiger partial charge in [-0.2, -0.15) is 0 Å². The van der Waals surface area contributed by atoms with Gasteiger partial charge in [0.15, 0.2) is 0 Å². The van der Waals surface area contributed by atoms with Crippen molar-refractivity contribution in [1.29, 1.82) is 0 Å². The smallest absolute Gasteiger partial charge is 0.336 e. The van der Waals surface area contributed by atoms with Crippen molar-refractivity contribution in [2.45, 2.75) is 45.3 Å². The summed E-state index contributed by atoms with van der Waals surface area (Å²) in [5, 5.41) is 11.1. The highest BCUT2D eigenvalue weighted by molar-refractivity contribution is 5.81. The molecule has 0 saturated carbocycles. The average molecular weight is 331 g/mol. The second kappa shape index (κ2) is 7.36. The summed E-state index contributed by atoms with van der Waals surface area (Å²) in [4.78, 5) is 13.8. The molecule has 2 atom stereocenters. The predicted octanol–water partition coefficient (Wildman–Crippen LogP) is 2.72. The largest absolute Gasteiger partial charge is 0.491 e. The number of hydrogen-bond donors (Lipinski definition) is 1. The summed E-state index contributed by atoms with van der Waals surface area (Å²) in [5.74, 6) is 0.599. The van der Waals surface area contributed by atoms with Crippen LogP contribution >= 0.6 is 0 Å². The molecule has 1 aromatic carbocycles.